The number of anilines is 2. The van der Waals surface area contributed by atoms with Gasteiger partial charge in [-0.25, -0.2) is 9.07 Å². The number of benzene rings is 2. The summed E-state index contributed by atoms with van der Waals surface area (Å²) in [6.45, 7) is 1.81. The Labute approximate surface area is 195 Å². The first-order valence-corrected chi connectivity index (χ1v) is 10.6. The SMILES string of the molecule is COc1ccc(-c2nc3n(n2)C(c2ccc(F)cc2)C(C(=O)Nc2cccnc2)=C(C)N3)cc1. The Kier molecular flexibility index (Phi) is 5.51. The predicted molar refractivity (Wildman–Crippen MR) is 126 cm³/mol. The number of nitrogens with one attached hydrogen (secondary N) is 2. The van der Waals surface area contributed by atoms with Crippen molar-refractivity contribution < 1.29 is 13.9 Å². The number of ether oxygens (including phenoxy) is 1. The Bertz CT molecular complexity index is 1370. The molecule has 0 radical (unpaired) electrons. The molecule has 3 heterocycles. The van der Waals surface area contributed by atoms with Gasteiger partial charge in [0.1, 0.15) is 17.6 Å². The number of allylic oxidation sites excluding steroid dienone is 1. The number of halogens is 1. The number of methoxy groups -OCH3 is 1. The van der Waals surface area contributed by atoms with Gasteiger partial charge < -0.3 is 15.4 Å². The van der Waals surface area contributed by atoms with E-state index in [1.54, 1.807) is 55.4 Å². The third kappa shape index (κ3) is 3.99. The van der Waals surface area contributed by atoms with Gasteiger partial charge in [0, 0.05) is 17.5 Å². The summed E-state index contributed by atoms with van der Waals surface area (Å²) in [6, 6.07) is 16.3. The average molecular weight is 456 g/mol. The van der Waals surface area contributed by atoms with E-state index >= 15 is 0 Å². The van der Waals surface area contributed by atoms with Crippen LogP contribution >= 0.6 is 0 Å². The maximum absolute atomic E-state index is 13.7. The van der Waals surface area contributed by atoms with Crippen LogP contribution in [0, 0.1) is 5.82 Å². The molecule has 0 spiro atoms. The van der Waals surface area contributed by atoms with E-state index in [-0.39, 0.29) is 11.7 Å². The number of pyridine rings is 1. The molecule has 2 aromatic carbocycles. The molecule has 2 N–H and O–H groups in total. The number of fused-ring (bicyclic) bond motifs is 1. The zero-order valence-corrected chi connectivity index (χ0v) is 18.5. The molecule has 2 aromatic heterocycles. The molecule has 8 nitrogen and oxygen atoms in total. The molecule has 0 fully saturated rings. The summed E-state index contributed by atoms with van der Waals surface area (Å²) in [7, 11) is 1.60. The molecule has 34 heavy (non-hydrogen) atoms. The maximum Gasteiger partial charge on any atom is 0.255 e. The summed E-state index contributed by atoms with van der Waals surface area (Å²) in [5.74, 6) is 1.01. The third-order valence-corrected chi connectivity index (χ3v) is 5.55. The number of carbonyl (C=O) groups is 1. The summed E-state index contributed by atoms with van der Waals surface area (Å²) < 4.78 is 20.6. The van der Waals surface area contributed by atoms with Crippen LogP contribution in [-0.2, 0) is 4.79 Å². The van der Waals surface area contributed by atoms with E-state index < -0.39 is 6.04 Å². The van der Waals surface area contributed by atoms with Crippen LogP contribution in [0.15, 0.2) is 84.3 Å². The van der Waals surface area contributed by atoms with Crippen LogP contribution in [0.25, 0.3) is 11.4 Å². The quantitative estimate of drug-likeness (QED) is 0.462. The van der Waals surface area contributed by atoms with Gasteiger partial charge in [0.2, 0.25) is 5.95 Å². The van der Waals surface area contributed by atoms with Gasteiger partial charge in [-0.05, 0) is 61.0 Å². The molecule has 0 saturated carbocycles. The zero-order valence-electron chi connectivity index (χ0n) is 18.5. The number of rotatable bonds is 5. The summed E-state index contributed by atoms with van der Waals surface area (Å²) in [5.41, 5.74) is 3.12. The van der Waals surface area contributed by atoms with E-state index in [0.717, 1.165) is 11.3 Å². The lowest BCUT2D eigenvalue weighted by atomic mass is 9.95. The first-order valence-electron chi connectivity index (χ1n) is 10.6. The summed E-state index contributed by atoms with van der Waals surface area (Å²) >= 11 is 0. The lowest BCUT2D eigenvalue weighted by Crippen LogP contribution is -2.31. The van der Waals surface area contributed by atoms with Crippen molar-refractivity contribution in [3.05, 3.63) is 95.7 Å². The van der Waals surface area contributed by atoms with Crippen molar-refractivity contribution in [2.24, 2.45) is 0 Å². The minimum absolute atomic E-state index is 0.320. The third-order valence-electron chi connectivity index (χ3n) is 5.55. The smallest absolute Gasteiger partial charge is 0.255 e. The Morgan fingerprint density at radius 1 is 1.12 bits per heavy atom. The fraction of sp³-hybridized carbons (Fsp3) is 0.120. The van der Waals surface area contributed by atoms with E-state index in [4.69, 9.17) is 9.84 Å². The maximum atomic E-state index is 13.7. The molecule has 1 unspecified atom stereocenters. The zero-order chi connectivity index (χ0) is 23.7. The lowest BCUT2D eigenvalue weighted by molar-refractivity contribution is -0.113. The first kappa shape index (κ1) is 21.3. The highest BCUT2D eigenvalue weighted by Gasteiger charge is 2.34. The highest BCUT2D eigenvalue weighted by Crippen LogP contribution is 2.37. The van der Waals surface area contributed by atoms with Crippen LogP contribution in [0.3, 0.4) is 0 Å². The number of carbonyl (C=O) groups excluding carboxylic acids is 1. The molecule has 1 amide bonds. The fourth-order valence-electron chi connectivity index (χ4n) is 3.90. The van der Waals surface area contributed by atoms with Gasteiger partial charge in [-0.15, -0.1) is 5.10 Å². The molecule has 1 atom stereocenters. The van der Waals surface area contributed by atoms with Gasteiger partial charge in [-0.3, -0.25) is 9.78 Å². The van der Waals surface area contributed by atoms with Crippen molar-refractivity contribution >= 4 is 17.5 Å². The highest BCUT2D eigenvalue weighted by atomic mass is 19.1. The second kappa shape index (κ2) is 8.78. The van der Waals surface area contributed by atoms with Crippen molar-refractivity contribution in [2.75, 3.05) is 17.7 Å². The van der Waals surface area contributed by atoms with Gasteiger partial charge in [-0.1, -0.05) is 12.1 Å². The van der Waals surface area contributed by atoms with Crippen molar-refractivity contribution in [1.82, 2.24) is 19.7 Å². The number of nitrogens with zero attached hydrogens (tertiary/aromatic N) is 4. The molecule has 0 saturated heterocycles. The van der Waals surface area contributed by atoms with Crippen molar-refractivity contribution in [2.45, 2.75) is 13.0 Å². The molecule has 0 bridgehead atoms. The largest absolute Gasteiger partial charge is 0.497 e. The highest BCUT2D eigenvalue weighted by molar-refractivity contribution is 6.05. The molecule has 170 valence electrons. The summed E-state index contributed by atoms with van der Waals surface area (Å²) in [4.78, 5) is 22.1. The molecular formula is C25H21FN6O2. The molecule has 1 aliphatic heterocycles. The van der Waals surface area contributed by atoms with Crippen molar-refractivity contribution in [3.63, 3.8) is 0 Å². The molecule has 5 rings (SSSR count). The number of aromatic nitrogens is 4. The van der Waals surface area contributed by atoms with E-state index in [1.165, 1.54) is 12.1 Å². The number of hydrogen-bond donors (Lipinski definition) is 2. The summed E-state index contributed by atoms with van der Waals surface area (Å²) in [5, 5.41) is 10.8. The van der Waals surface area contributed by atoms with Gasteiger partial charge in [0.05, 0.1) is 24.6 Å². The Morgan fingerprint density at radius 2 is 1.88 bits per heavy atom. The van der Waals surface area contributed by atoms with Gasteiger partial charge in [-0.2, -0.15) is 4.98 Å². The van der Waals surface area contributed by atoms with E-state index in [9.17, 15) is 9.18 Å². The van der Waals surface area contributed by atoms with Gasteiger partial charge in [0.25, 0.3) is 5.91 Å². The minimum atomic E-state index is -0.618. The second-order valence-electron chi connectivity index (χ2n) is 7.75. The molecule has 0 aliphatic carbocycles. The topological polar surface area (TPSA) is 94.0 Å². The molecular weight excluding hydrogens is 435 g/mol. The average Bonchev–Trinajstić information content (AvgIpc) is 3.28. The van der Waals surface area contributed by atoms with E-state index in [1.807, 2.05) is 24.3 Å². The normalized spacial score (nSPS) is 14.9. The molecule has 4 aromatic rings. The monoisotopic (exact) mass is 456 g/mol. The van der Waals surface area contributed by atoms with Crippen LogP contribution in [-0.4, -0.2) is 32.8 Å². The van der Waals surface area contributed by atoms with Crippen LogP contribution in [0.4, 0.5) is 16.0 Å². The fourth-order valence-corrected chi connectivity index (χ4v) is 3.90. The standard InChI is InChI=1S/C25H21FN6O2/c1-15-21(24(33)29-19-4-3-13-27-14-19)22(16-5-9-18(26)10-6-16)32-25(28-15)30-23(31-32)17-7-11-20(34-2)12-8-17/h3-14,22H,1-2H3,(H,29,33)(H,28,30,31). The lowest BCUT2D eigenvalue weighted by Gasteiger charge is -2.28. The Morgan fingerprint density at radius 3 is 2.56 bits per heavy atom. The number of hydrogen-bond acceptors (Lipinski definition) is 6. The molecule has 1 aliphatic rings. The van der Waals surface area contributed by atoms with Crippen molar-refractivity contribution in [3.8, 4) is 17.1 Å². The Balaban J connectivity index is 1.58. The van der Waals surface area contributed by atoms with Crippen LogP contribution in [0.5, 0.6) is 5.75 Å². The van der Waals surface area contributed by atoms with E-state index in [0.29, 0.717) is 34.3 Å². The summed E-state index contributed by atoms with van der Waals surface area (Å²) in [6.07, 6.45) is 3.20. The van der Waals surface area contributed by atoms with Crippen LogP contribution in [0.2, 0.25) is 0 Å². The minimum Gasteiger partial charge on any atom is -0.497 e. The Hall–Kier alpha value is -4.53. The van der Waals surface area contributed by atoms with Crippen LogP contribution < -0.4 is 15.4 Å². The number of amides is 1. The predicted octanol–water partition coefficient (Wildman–Crippen LogP) is 4.42. The first-order chi connectivity index (χ1) is 16.5. The van der Waals surface area contributed by atoms with Crippen molar-refractivity contribution in [1.29, 1.82) is 0 Å². The second-order valence-corrected chi connectivity index (χ2v) is 7.75. The van der Waals surface area contributed by atoms with Gasteiger partial charge >= 0.3 is 0 Å². The van der Waals surface area contributed by atoms with Gasteiger partial charge in [0.15, 0.2) is 5.82 Å². The van der Waals surface area contributed by atoms with Crippen LogP contribution in [0.1, 0.15) is 18.5 Å². The molecule has 9 heteroatoms. The van der Waals surface area contributed by atoms with E-state index in [2.05, 4.69) is 20.6 Å².